The van der Waals surface area contributed by atoms with Gasteiger partial charge in [0.1, 0.15) is 11.3 Å². The van der Waals surface area contributed by atoms with E-state index in [0.29, 0.717) is 13.0 Å². The zero-order valence-electron chi connectivity index (χ0n) is 16.5. The van der Waals surface area contributed by atoms with Gasteiger partial charge in [0.25, 0.3) is 5.91 Å². The fourth-order valence-electron chi connectivity index (χ4n) is 5.36. The fourth-order valence-corrected chi connectivity index (χ4v) is 5.62. The Kier molecular flexibility index (Phi) is 4.79. The van der Waals surface area contributed by atoms with E-state index in [1.165, 1.54) is 16.5 Å². The molecule has 1 amide bonds. The minimum atomic E-state index is -0.957. The summed E-state index contributed by atoms with van der Waals surface area (Å²) < 4.78 is 15.6. The molecular weight excluding hydrogens is 405 g/mol. The first-order valence-corrected chi connectivity index (χ1v) is 10.8. The van der Waals surface area contributed by atoms with Gasteiger partial charge in [0.2, 0.25) is 5.82 Å². The molecule has 1 aliphatic heterocycles. The van der Waals surface area contributed by atoms with Gasteiger partial charge in [-0.3, -0.25) is 9.20 Å². The topological polar surface area (TPSA) is 57.8 Å². The fraction of sp³-hybridized carbons (Fsp3) is 0.391. The third-order valence-electron chi connectivity index (χ3n) is 6.78. The third kappa shape index (κ3) is 2.93. The largest absolute Gasteiger partial charge is 0.385 e. The highest BCUT2D eigenvalue weighted by molar-refractivity contribution is 6.33. The molecule has 0 spiro atoms. The quantitative estimate of drug-likeness (QED) is 0.658. The van der Waals surface area contributed by atoms with E-state index in [0.717, 1.165) is 31.2 Å². The van der Waals surface area contributed by atoms with Crippen molar-refractivity contribution < 1.29 is 14.3 Å². The van der Waals surface area contributed by atoms with Crippen LogP contribution in [-0.4, -0.2) is 37.9 Å². The summed E-state index contributed by atoms with van der Waals surface area (Å²) in [6.07, 6.45) is 5.78. The SMILES string of the molecule is O=C(c1nc(Cl)c2c(F)cccn12)N1CC[C@@](O)(c2ccccc2)[C@@H]2CCCCC21. The molecule has 3 aromatic rings. The number of piperidine rings is 1. The number of nitrogens with zero attached hydrogens (tertiary/aromatic N) is 3. The molecule has 1 N–H and O–H groups in total. The highest BCUT2D eigenvalue weighted by Crippen LogP contribution is 2.47. The first kappa shape index (κ1) is 19.5. The summed E-state index contributed by atoms with van der Waals surface area (Å²) in [7, 11) is 0. The van der Waals surface area contributed by atoms with Crippen molar-refractivity contribution in [1.82, 2.24) is 14.3 Å². The maximum absolute atomic E-state index is 14.2. The molecule has 3 atom stereocenters. The molecule has 5 nitrogen and oxygen atoms in total. The molecule has 156 valence electrons. The number of rotatable bonds is 2. The molecule has 5 rings (SSSR count). The summed E-state index contributed by atoms with van der Waals surface area (Å²) in [5.41, 5.74) is 0.0625. The molecule has 1 aliphatic carbocycles. The molecule has 1 aromatic carbocycles. The number of hydrogen-bond donors (Lipinski definition) is 1. The highest BCUT2D eigenvalue weighted by Gasteiger charge is 2.50. The average molecular weight is 428 g/mol. The van der Waals surface area contributed by atoms with Gasteiger partial charge >= 0.3 is 0 Å². The van der Waals surface area contributed by atoms with Crippen molar-refractivity contribution in [3.63, 3.8) is 0 Å². The van der Waals surface area contributed by atoms with Gasteiger partial charge in [0.05, 0.1) is 5.60 Å². The summed E-state index contributed by atoms with van der Waals surface area (Å²) in [6, 6.07) is 12.5. The van der Waals surface area contributed by atoms with Gasteiger partial charge in [-0.25, -0.2) is 9.37 Å². The van der Waals surface area contributed by atoms with Crippen LogP contribution in [0.1, 0.15) is 48.3 Å². The molecular formula is C23H23ClFN3O2. The molecule has 1 unspecified atom stereocenters. The lowest BCUT2D eigenvalue weighted by molar-refractivity contribution is -0.110. The molecule has 7 heteroatoms. The molecule has 0 radical (unpaired) electrons. The maximum Gasteiger partial charge on any atom is 0.290 e. The Morgan fingerprint density at radius 1 is 1.17 bits per heavy atom. The zero-order valence-corrected chi connectivity index (χ0v) is 17.2. The summed E-state index contributed by atoms with van der Waals surface area (Å²) in [5.74, 6) is -0.718. The second-order valence-corrected chi connectivity index (χ2v) is 8.66. The Balaban J connectivity index is 1.52. The van der Waals surface area contributed by atoms with Crippen molar-refractivity contribution in [1.29, 1.82) is 0 Å². The lowest BCUT2D eigenvalue weighted by atomic mass is 9.66. The number of aromatic nitrogens is 2. The summed E-state index contributed by atoms with van der Waals surface area (Å²) >= 11 is 6.15. The van der Waals surface area contributed by atoms with E-state index in [-0.39, 0.29) is 34.4 Å². The van der Waals surface area contributed by atoms with Gasteiger partial charge < -0.3 is 10.0 Å². The number of halogens is 2. The van der Waals surface area contributed by atoms with E-state index in [1.807, 2.05) is 35.2 Å². The Morgan fingerprint density at radius 3 is 2.73 bits per heavy atom. The van der Waals surface area contributed by atoms with Gasteiger partial charge in [-0.1, -0.05) is 54.8 Å². The predicted octanol–water partition coefficient (Wildman–Crippen LogP) is 4.42. The molecule has 2 fully saturated rings. The molecule has 1 saturated heterocycles. The van der Waals surface area contributed by atoms with E-state index < -0.39 is 11.4 Å². The van der Waals surface area contributed by atoms with E-state index in [1.54, 1.807) is 6.20 Å². The van der Waals surface area contributed by atoms with Crippen LogP contribution in [0.25, 0.3) is 5.52 Å². The van der Waals surface area contributed by atoms with Crippen molar-refractivity contribution in [3.05, 3.63) is 71.0 Å². The Bertz CT molecular complexity index is 1100. The van der Waals surface area contributed by atoms with Crippen LogP contribution >= 0.6 is 11.6 Å². The summed E-state index contributed by atoms with van der Waals surface area (Å²) in [4.78, 5) is 19.5. The van der Waals surface area contributed by atoms with Crippen LogP contribution in [0.5, 0.6) is 0 Å². The molecule has 0 bridgehead atoms. The number of imidazole rings is 1. The highest BCUT2D eigenvalue weighted by atomic mass is 35.5. The van der Waals surface area contributed by atoms with Crippen molar-refractivity contribution in [3.8, 4) is 0 Å². The van der Waals surface area contributed by atoms with Gasteiger partial charge in [-0.15, -0.1) is 0 Å². The number of hydrogen-bond acceptors (Lipinski definition) is 3. The van der Waals surface area contributed by atoms with E-state index in [2.05, 4.69) is 4.98 Å². The number of likely N-dealkylation sites (tertiary alicyclic amines) is 1. The van der Waals surface area contributed by atoms with Crippen molar-refractivity contribution in [2.75, 3.05) is 6.54 Å². The Labute approximate surface area is 179 Å². The molecule has 30 heavy (non-hydrogen) atoms. The Hall–Kier alpha value is -2.44. The molecule has 2 aromatic heterocycles. The smallest absolute Gasteiger partial charge is 0.290 e. The van der Waals surface area contributed by atoms with Crippen LogP contribution in [0.3, 0.4) is 0 Å². The first-order chi connectivity index (χ1) is 14.5. The second kappa shape index (κ2) is 7.36. The van der Waals surface area contributed by atoms with Crippen LogP contribution in [-0.2, 0) is 5.60 Å². The van der Waals surface area contributed by atoms with Gasteiger partial charge in [-0.2, -0.15) is 0 Å². The van der Waals surface area contributed by atoms with Gasteiger partial charge in [-0.05, 0) is 37.0 Å². The normalized spacial score (nSPS) is 26.6. The monoisotopic (exact) mass is 427 g/mol. The van der Waals surface area contributed by atoms with Crippen LogP contribution in [0.4, 0.5) is 4.39 Å². The number of benzene rings is 1. The number of amides is 1. The lowest BCUT2D eigenvalue weighted by Gasteiger charge is -2.52. The van der Waals surface area contributed by atoms with Crippen molar-refractivity contribution in [2.45, 2.75) is 43.7 Å². The summed E-state index contributed by atoms with van der Waals surface area (Å²) in [6.45, 7) is 0.410. The van der Waals surface area contributed by atoms with Crippen LogP contribution in [0, 0.1) is 11.7 Å². The van der Waals surface area contributed by atoms with Crippen LogP contribution in [0.2, 0.25) is 5.15 Å². The minimum absolute atomic E-state index is 0.0190. The van der Waals surface area contributed by atoms with Gasteiger partial charge in [0, 0.05) is 24.7 Å². The number of aliphatic hydroxyl groups is 1. The second-order valence-electron chi connectivity index (χ2n) is 8.30. The number of fused-ring (bicyclic) bond motifs is 2. The average Bonchev–Trinajstić information content (AvgIpc) is 3.12. The van der Waals surface area contributed by atoms with Gasteiger partial charge in [0.15, 0.2) is 5.15 Å². The Morgan fingerprint density at radius 2 is 1.93 bits per heavy atom. The van der Waals surface area contributed by atoms with E-state index in [4.69, 9.17) is 11.6 Å². The van der Waals surface area contributed by atoms with Crippen molar-refractivity contribution in [2.24, 2.45) is 5.92 Å². The van der Waals surface area contributed by atoms with E-state index >= 15 is 0 Å². The predicted molar refractivity (Wildman–Crippen MR) is 112 cm³/mol. The number of carbonyl (C=O) groups excluding carboxylic acids is 1. The lowest BCUT2D eigenvalue weighted by Crippen LogP contribution is -2.59. The van der Waals surface area contributed by atoms with Crippen molar-refractivity contribution >= 4 is 23.0 Å². The minimum Gasteiger partial charge on any atom is -0.385 e. The molecule has 3 heterocycles. The zero-order chi connectivity index (χ0) is 20.9. The third-order valence-corrected chi connectivity index (χ3v) is 7.04. The van der Waals surface area contributed by atoms with Crippen LogP contribution < -0.4 is 0 Å². The first-order valence-electron chi connectivity index (χ1n) is 10.4. The summed E-state index contributed by atoms with van der Waals surface area (Å²) in [5, 5.41) is 11.7. The number of pyridine rings is 1. The molecule has 2 aliphatic rings. The maximum atomic E-state index is 14.2. The molecule has 1 saturated carbocycles. The standard InChI is InChI=1S/C23H23ClFN3O2/c24-20-19-17(25)10-6-13-28(19)21(26-20)22(29)27-14-12-23(30,15-7-2-1-3-8-15)16-9-4-5-11-18(16)27/h1-3,6-8,10,13,16,18,30H,4-5,9,11-12,14H2/t16-,18?,23-/m1/s1. The van der Waals surface area contributed by atoms with Crippen LogP contribution in [0.15, 0.2) is 48.7 Å². The number of carbonyl (C=O) groups is 1. The van der Waals surface area contributed by atoms with E-state index in [9.17, 15) is 14.3 Å².